The maximum atomic E-state index is 13.6. The van der Waals surface area contributed by atoms with E-state index in [0.717, 1.165) is 11.8 Å². The number of alkyl halides is 3. The van der Waals surface area contributed by atoms with Gasteiger partial charge in [-0.15, -0.1) is 0 Å². The lowest BCUT2D eigenvalue weighted by Crippen LogP contribution is -2.12. The van der Waals surface area contributed by atoms with Crippen LogP contribution in [-0.2, 0) is 12.7 Å². The Morgan fingerprint density at radius 1 is 0.967 bits per heavy atom. The van der Waals surface area contributed by atoms with Gasteiger partial charge in [0.05, 0.1) is 11.3 Å². The molecule has 4 rings (SSSR count). The lowest BCUT2D eigenvalue weighted by Gasteiger charge is -2.18. The number of para-hydroxylation sites is 1. The van der Waals surface area contributed by atoms with Crippen molar-refractivity contribution < 1.29 is 22.6 Å². The van der Waals surface area contributed by atoms with Gasteiger partial charge in [0, 0.05) is 36.2 Å². The average Bonchev–Trinajstić information content (AvgIpc) is 3.17. The Bertz CT molecular complexity index is 1060. The summed E-state index contributed by atoms with van der Waals surface area (Å²) in [6.45, 7) is 0.648. The molecular formula is C21H19F3N4O2. The summed E-state index contributed by atoms with van der Waals surface area (Å²) in [4.78, 5) is 3.94. The molecule has 9 heteroatoms. The maximum Gasteiger partial charge on any atom is 0.419 e. The van der Waals surface area contributed by atoms with Crippen LogP contribution in [0, 0.1) is 0 Å². The Hall–Kier alpha value is -3.46. The molecule has 0 saturated heterocycles. The quantitative estimate of drug-likeness (QED) is 0.523. The van der Waals surface area contributed by atoms with Crippen LogP contribution in [0.4, 0.5) is 36.1 Å². The molecule has 1 aliphatic rings. The number of hydrogen-bond donors (Lipinski definition) is 3. The van der Waals surface area contributed by atoms with Gasteiger partial charge in [-0.1, -0.05) is 18.2 Å². The highest BCUT2D eigenvalue weighted by Crippen LogP contribution is 2.39. The molecule has 0 aliphatic carbocycles. The summed E-state index contributed by atoms with van der Waals surface area (Å²) in [7, 11) is 1.78. The van der Waals surface area contributed by atoms with Crippen LogP contribution < -0.4 is 25.4 Å². The summed E-state index contributed by atoms with van der Waals surface area (Å²) in [5, 5.41) is 8.94. The number of hydrogen-bond acceptors (Lipinski definition) is 6. The van der Waals surface area contributed by atoms with Gasteiger partial charge >= 0.3 is 6.18 Å². The van der Waals surface area contributed by atoms with Gasteiger partial charge in [0.25, 0.3) is 0 Å². The monoisotopic (exact) mass is 416 g/mol. The molecule has 0 bridgehead atoms. The molecule has 0 amide bonds. The third-order valence-electron chi connectivity index (χ3n) is 4.51. The Morgan fingerprint density at radius 3 is 2.57 bits per heavy atom. The van der Waals surface area contributed by atoms with E-state index in [1.54, 1.807) is 37.4 Å². The van der Waals surface area contributed by atoms with Crippen molar-refractivity contribution in [2.75, 3.05) is 24.5 Å². The molecule has 156 valence electrons. The van der Waals surface area contributed by atoms with Crippen LogP contribution in [0.3, 0.4) is 0 Å². The molecule has 6 nitrogen and oxygen atoms in total. The predicted octanol–water partition coefficient (Wildman–Crippen LogP) is 5.04. The zero-order chi connectivity index (χ0) is 21.1. The highest BCUT2D eigenvalue weighted by molar-refractivity contribution is 5.71. The van der Waals surface area contributed by atoms with E-state index in [4.69, 9.17) is 9.47 Å². The van der Waals surface area contributed by atoms with Crippen LogP contribution in [0.25, 0.3) is 0 Å². The molecule has 1 aliphatic heterocycles. The fraction of sp³-hybridized carbons (Fsp3) is 0.190. The number of nitrogens with one attached hydrogen (secondary N) is 3. The number of anilines is 4. The fourth-order valence-corrected chi connectivity index (χ4v) is 3.11. The minimum Gasteiger partial charge on any atom is -0.454 e. The van der Waals surface area contributed by atoms with Gasteiger partial charge in [-0.05, 0) is 30.8 Å². The Balaban J connectivity index is 1.66. The topological polar surface area (TPSA) is 67.4 Å². The number of halogens is 3. The van der Waals surface area contributed by atoms with E-state index < -0.39 is 11.7 Å². The number of fused-ring (bicyclic) bond motifs is 1. The number of ether oxygens (including phenoxy) is 2. The van der Waals surface area contributed by atoms with Crippen LogP contribution in [0.15, 0.2) is 54.7 Å². The van der Waals surface area contributed by atoms with Crippen molar-refractivity contribution in [3.8, 4) is 11.5 Å². The van der Waals surface area contributed by atoms with Crippen molar-refractivity contribution in [3.63, 3.8) is 0 Å². The molecule has 0 unspecified atom stereocenters. The van der Waals surface area contributed by atoms with E-state index in [2.05, 4.69) is 20.9 Å². The first-order valence-electron chi connectivity index (χ1n) is 9.17. The SMILES string of the molecule is CNCc1ccccc1Nc1cc(Nc2ccc3c(c2)OCO3)ncc1C(F)(F)F. The summed E-state index contributed by atoms with van der Waals surface area (Å²) in [6.07, 6.45) is -3.73. The Kier molecular flexibility index (Phi) is 5.37. The standard InChI is InChI=1S/C21H19F3N4O2/c1-25-10-13-4-2-3-5-16(13)28-17-9-20(26-11-15(17)21(22,23)24)27-14-6-7-18-19(8-14)30-12-29-18/h2-9,11,25H,10,12H2,1H3,(H2,26,27,28). The van der Waals surface area contributed by atoms with Crippen molar-refractivity contribution >= 4 is 22.9 Å². The molecule has 1 aromatic heterocycles. The smallest absolute Gasteiger partial charge is 0.419 e. The highest BCUT2D eigenvalue weighted by atomic mass is 19.4. The van der Waals surface area contributed by atoms with Crippen molar-refractivity contribution in [2.45, 2.75) is 12.7 Å². The first kappa shape index (κ1) is 19.8. The van der Waals surface area contributed by atoms with Crippen LogP contribution >= 0.6 is 0 Å². The maximum absolute atomic E-state index is 13.6. The zero-order valence-corrected chi connectivity index (χ0v) is 16.0. The van der Waals surface area contributed by atoms with Crippen molar-refractivity contribution in [1.29, 1.82) is 0 Å². The third-order valence-corrected chi connectivity index (χ3v) is 4.51. The molecule has 0 saturated carbocycles. The van der Waals surface area contributed by atoms with Gasteiger partial charge in [-0.2, -0.15) is 13.2 Å². The number of nitrogens with zero attached hydrogens (tertiary/aromatic N) is 1. The minimum absolute atomic E-state index is 0.0932. The van der Waals surface area contributed by atoms with Crippen molar-refractivity contribution in [1.82, 2.24) is 10.3 Å². The lowest BCUT2D eigenvalue weighted by atomic mass is 10.1. The van der Waals surface area contributed by atoms with Gasteiger partial charge in [0.15, 0.2) is 11.5 Å². The normalized spacial score (nSPS) is 12.7. The molecule has 30 heavy (non-hydrogen) atoms. The number of benzene rings is 2. The zero-order valence-electron chi connectivity index (χ0n) is 16.0. The summed E-state index contributed by atoms with van der Waals surface area (Å²) < 4.78 is 51.3. The van der Waals surface area contributed by atoms with E-state index in [0.29, 0.717) is 29.4 Å². The van der Waals surface area contributed by atoms with Gasteiger partial charge < -0.3 is 25.4 Å². The van der Waals surface area contributed by atoms with Crippen LogP contribution in [0.2, 0.25) is 0 Å². The fourth-order valence-electron chi connectivity index (χ4n) is 3.11. The second-order valence-electron chi connectivity index (χ2n) is 6.62. The highest BCUT2D eigenvalue weighted by Gasteiger charge is 2.34. The lowest BCUT2D eigenvalue weighted by molar-refractivity contribution is -0.137. The molecule has 2 aromatic carbocycles. The van der Waals surface area contributed by atoms with Crippen LogP contribution in [-0.4, -0.2) is 18.8 Å². The van der Waals surface area contributed by atoms with Gasteiger partial charge in [0.2, 0.25) is 6.79 Å². The number of rotatable bonds is 6. The van der Waals surface area contributed by atoms with Crippen molar-refractivity contribution in [2.24, 2.45) is 0 Å². The van der Waals surface area contributed by atoms with E-state index in [1.165, 1.54) is 6.07 Å². The second kappa shape index (κ2) is 8.11. The Morgan fingerprint density at radius 2 is 1.77 bits per heavy atom. The Labute approximate surface area is 171 Å². The van der Waals surface area contributed by atoms with Gasteiger partial charge in [-0.3, -0.25) is 0 Å². The largest absolute Gasteiger partial charge is 0.454 e. The summed E-state index contributed by atoms with van der Waals surface area (Å²) in [6, 6.07) is 13.7. The van der Waals surface area contributed by atoms with Gasteiger partial charge in [0.1, 0.15) is 5.82 Å². The average molecular weight is 416 g/mol. The van der Waals surface area contributed by atoms with Crippen LogP contribution in [0.5, 0.6) is 11.5 Å². The summed E-state index contributed by atoms with van der Waals surface area (Å²) in [5.41, 5.74) is 1.10. The molecule has 0 spiro atoms. The molecule has 0 atom stereocenters. The summed E-state index contributed by atoms with van der Waals surface area (Å²) >= 11 is 0. The summed E-state index contributed by atoms with van der Waals surface area (Å²) in [5.74, 6) is 1.44. The molecular weight excluding hydrogens is 397 g/mol. The number of aromatic nitrogens is 1. The first-order chi connectivity index (χ1) is 14.4. The molecule has 2 heterocycles. The van der Waals surface area contributed by atoms with E-state index in [9.17, 15) is 13.2 Å². The third kappa shape index (κ3) is 4.25. The molecule has 0 fully saturated rings. The second-order valence-corrected chi connectivity index (χ2v) is 6.62. The first-order valence-corrected chi connectivity index (χ1v) is 9.17. The predicted molar refractivity (Wildman–Crippen MR) is 108 cm³/mol. The van der Waals surface area contributed by atoms with E-state index in [-0.39, 0.29) is 18.3 Å². The van der Waals surface area contributed by atoms with Crippen LogP contribution in [0.1, 0.15) is 11.1 Å². The molecule has 3 N–H and O–H groups in total. The van der Waals surface area contributed by atoms with E-state index in [1.807, 2.05) is 12.1 Å². The van der Waals surface area contributed by atoms with Crippen molar-refractivity contribution in [3.05, 3.63) is 65.9 Å². The number of pyridine rings is 1. The van der Waals surface area contributed by atoms with E-state index >= 15 is 0 Å². The molecule has 3 aromatic rings. The minimum atomic E-state index is -4.55. The molecule has 0 radical (unpaired) electrons. The van der Waals surface area contributed by atoms with Gasteiger partial charge in [-0.25, -0.2) is 4.98 Å².